The van der Waals surface area contributed by atoms with E-state index in [0.717, 1.165) is 24.3 Å². The van der Waals surface area contributed by atoms with E-state index in [0.29, 0.717) is 41.1 Å². The summed E-state index contributed by atoms with van der Waals surface area (Å²) in [6.07, 6.45) is 2.50. The zero-order valence-corrected chi connectivity index (χ0v) is 18.4. The van der Waals surface area contributed by atoms with Crippen molar-refractivity contribution in [3.05, 3.63) is 41.9 Å². The van der Waals surface area contributed by atoms with Crippen LogP contribution in [0.25, 0.3) is 11.5 Å². The molecule has 10 heteroatoms. The first-order valence-corrected chi connectivity index (χ1v) is 10.2. The van der Waals surface area contributed by atoms with E-state index in [1.807, 2.05) is 12.1 Å². The van der Waals surface area contributed by atoms with Gasteiger partial charge in [0.05, 0.1) is 26.9 Å². The summed E-state index contributed by atoms with van der Waals surface area (Å²) >= 11 is 0. The summed E-state index contributed by atoms with van der Waals surface area (Å²) in [6, 6.07) is 6.95. The lowest BCUT2D eigenvalue weighted by molar-refractivity contribution is 0.0939. The van der Waals surface area contributed by atoms with Crippen molar-refractivity contribution in [1.29, 1.82) is 0 Å². The van der Waals surface area contributed by atoms with Gasteiger partial charge in [-0.05, 0) is 37.6 Å². The highest BCUT2D eigenvalue weighted by Crippen LogP contribution is 2.38. The molecule has 3 aromatic rings. The number of aromatic nitrogens is 3. The Morgan fingerprint density at radius 1 is 1.19 bits per heavy atom. The van der Waals surface area contributed by atoms with Gasteiger partial charge in [-0.1, -0.05) is 5.16 Å². The number of amides is 1. The molecule has 0 bridgehead atoms. The second-order valence-corrected chi connectivity index (χ2v) is 7.34. The molecular weight excluding hydrogens is 414 g/mol. The number of ether oxygens (including phenoxy) is 3. The van der Waals surface area contributed by atoms with Crippen molar-refractivity contribution >= 4 is 11.7 Å². The molecule has 32 heavy (non-hydrogen) atoms. The largest absolute Gasteiger partial charge is 0.493 e. The van der Waals surface area contributed by atoms with Crippen LogP contribution in [0.15, 0.2) is 35.0 Å². The second kappa shape index (κ2) is 9.13. The SMILES string of the molecule is COc1cc(C(=O)N[C@H]2CCN(c3ncccc3-c3nc(C)no3)C2)cc(OC)c1OC. The third-order valence-electron chi connectivity index (χ3n) is 5.29. The Bertz CT molecular complexity index is 1090. The highest BCUT2D eigenvalue weighted by atomic mass is 16.5. The van der Waals surface area contributed by atoms with Crippen LogP contribution in [0, 0.1) is 6.92 Å². The maximum atomic E-state index is 12.9. The average Bonchev–Trinajstić information content (AvgIpc) is 3.46. The van der Waals surface area contributed by atoms with E-state index in [2.05, 4.69) is 25.3 Å². The first-order valence-electron chi connectivity index (χ1n) is 10.2. The summed E-state index contributed by atoms with van der Waals surface area (Å²) in [5.41, 5.74) is 1.20. The van der Waals surface area contributed by atoms with Crippen molar-refractivity contribution in [3.63, 3.8) is 0 Å². The molecule has 168 valence electrons. The van der Waals surface area contributed by atoms with Crippen molar-refractivity contribution in [3.8, 4) is 28.7 Å². The van der Waals surface area contributed by atoms with Crippen molar-refractivity contribution < 1.29 is 23.5 Å². The van der Waals surface area contributed by atoms with Crippen LogP contribution in [0.3, 0.4) is 0 Å². The zero-order valence-electron chi connectivity index (χ0n) is 18.4. The number of rotatable bonds is 7. The maximum Gasteiger partial charge on any atom is 0.261 e. The minimum absolute atomic E-state index is 0.0548. The van der Waals surface area contributed by atoms with Crippen LogP contribution < -0.4 is 24.4 Å². The van der Waals surface area contributed by atoms with Crippen LogP contribution in [-0.4, -0.2) is 61.5 Å². The van der Waals surface area contributed by atoms with Crippen LogP contribution in [0.5, 0.6) is 17.2 Å². The number of nitrogens with one attached hydrogen (secondary N) is 1. The molecule has 1 fully saturated rings. The maximum absolute atomic E-state index is 12.9. The molecule has 3 heterocycles. The van der Waals surface area contributed by atoms with Gasteiger partial charge in [0.15, 0.2) is 17.3 Å². The minimum atomic E-state index is -0.218. The highest BCUT2D eigenvalue weighted by Gasteiger charge is 2.28. The molecule has 1 amide bonds. The normalized spacial score (nSPS) is 15.5. The summed E-state index contributed by atoms with van der Waals surface area (Å²) in [7, 11) is 4.56. The molecule has 0 aliphatic carbocycles. The highest BCUT2D eigenvalue weighted by molar-refractivity contribution is 5.96. The van der Waals surface area contributed by atoms with Gasteiger partial charge in [0.25, 0.3) is 11.8 Å². The fourth-order valence-corrected chi connectivity index (χ4v) is 3.77. The fraction of sp³-hybridized carbons (Fsp3) is 0.364. The van der Waals surface area contributed by atoms with Crippen molar-refractivity contribution in [1.82, 2.24) is 20.4 Å². The van der Waals surface area contributed by atoms with E-state index in [1.165, 1.54) is 21.3 Å². The molecule has 10 nitrogen and oxygen atoms in total. The molecule has 1 aliphatic heterocycles. The van der Waals surface area contributed by atoms with E-state index in [1.54, 1.807) is 25.3 Å². The molecule has 1 saturated heterocycles. The number of pyridine rings is 1. The summed E-state index contributed by atoms with van der Waals surface area (Å²) in [5.74, 6) is 2.82. The Balaban J connectivity index is 1.49. The lowest BCUT2D eigenvalue weighted by Crippen LogP contribution is -2.37. The molecule has 0 saturated carbocycles. The third-order valence-corrected chi connectivity index (χ3v) is 5.29. The Hall–Kier alpha value is -3.82. The molecule has 4 rings (SSSR count). The van der Waals surface area contributed by atoms with E-state index in [-0.39, 0.29) is 11.9 Å². The van der Waals surface area contributed by atoms with Gasteiger partial charge in [-0.2, -0.15) is 4.98 Å². The number of carbonyl (C=O) groups is 1. The first-order chi connectivity index (χ1) is 15.5. The van der Waals surface area contributed by atoms with Crippen LogP contribution in [0.2, 0.25) is 0 Å². The number of anilines is 1. The van der Waals surface area contributed by atoms with Gasteiger partial charge < -0.3 is 29.0 Å². The molecule has 1 aliphatic rings. The number of hydrogen-bond donors (Lipinski definition) is 1. The Morgan fingerprint density at radius 3 is 2.56 bits per heavy atom. The standard InChI is InChI=1S/C22H25N5O5/c1-13-24-22(32-26-13)16-6-5-8-23-20(16)27-9-7-15(12-27)25-21(28)14-10-17(29-2)19(31-4)18(11-14)30-3/h5-6,8,10-11,15H,7,9,12H2,1-4H3,(H,25,28)/t15-/m0/s1. The van der Waals surface area contributed by atoms with Crippen molar-refractivity contribution in [2.45, 2.75) is 19.4 Å². The van der Waals surface area contributed by atoms with E-state index in [4.69, 9.17) is 18.7 Å². The van der Waals surface area contributed by atoms with E-state index in [9.17, 15) is 4.79 Å². The quantitative estimate of drug-likeness (QED) is 0.593. The average molecular weight is 439 g/mol. The van der Waals surface area contributed by atoms with Gasteiger partial charge in [0, 0.05) is 30.9 Å². The number of aryl methyl sites for hydroxylation is 1. The summed E-state index contributed by atoms with van der Waals surface area (Å²) in [5, 5.41) is 6.96. The molecule has 2 aromatic heterocycles. The molecule has 0 radical (unpaired) electrons. The van der Waals surface area contributed by atoms with Gasteiger partial charge in [0.2, 0.25) is 5.75 Å². The Labute approximate surface area is 185 Å². The van der Waals surface area contributed by atoms with Crippen LogP contribution in [0.4, 0.5) is 5.82 Å². The molecule has 0 unspecified atom stereocenters. The lowest BCUT2D eigenvalue weighted by Gasteiger charge is -2.20. The predicted molar refractivity (Wildman–Crippen MR) is 116 cm³/mol. The first kappa shape index (κ1) is 21.4. The molecule has 0 spiro atoms. The van der Waals surface area contributed by atoms with Gasteiger partial charge in [-0.15, -0.1) is 0 Å². The summed E-state index contributed by atoms with van der Waals surface area (Å²) in [4.78, 5) is 23.9. The second-order valence-electron chi connectivity index (χ2n) is 7.34. The van der Waals surface area contributed by atoms with Crippen molar-refractivity contribution in [2.75, 3.05) is 39.3 Å². The smallest absolute Gasteiger partial charge is 0.261 e. The molecule has 1 atom stereocenters. The summed E-state index contributed by atoms with van der Waals surface area (Å²) in [6.45, 7) is 3.11. The number of methoxy groups -OCH3 is 3. The van der Waals surface area contributed by atoms with Crippen LogP contribution in [-0.2, 0) is 0 Å². The van der Waals surface area contributed by atoms with E-state index < -0.39 is 0 Å². The third kappa shape index (κ3) is 4.16. The summed E-state index contributed by atoms with van der Waals surface area (Å²) < 4.78 is 21.4. The number of benzene rings is 1. The zero-order chi connectivity index (χ0) is 22.7. The number of nitrogens with zero attached hydrogens (tertiary/aromatic N) is 4. The molecular formula is C22H25N5O5. The Kier molecular flexibility index (Phi) is 6.11. The molecule has 1 N–H and O–H groups in total. The van der Waals surface area contributed by atoms with E-state index >= 15 is 0 Å². The lowest BCUT2D eigenvalue weighted by atomic mass is 10.1. The topological polar surface area (TPSA) is 112 Å². The minimum Gasteiger partial charge on any atom is -0.493 e. The number of hydrogen-bond acceptors (Lipinski definition) is 9. The Morgan fingerprint density at radius 2 is 1.94 bits per heavy atom. The van der Waals surface area contributed by atoms with Crippen molar-refractivity contribution in [2.24, 2.45) is 0 Å². The monoisotopic (exact) mass is 439 g/mol. The van der Waals surface area contributed by atoms with Gasteiger partial charge in [-0.25, -0.2) is 4.98 Å². The van der Waals surface area contributed by atoms with Crippen LogP contribution >= 0.6 is 0 Å². The van der Waals surface area contributed by atoms with Gasteiger partial charge in [0.1, 0.15) is 5.82 Å². The van der Waals surface area contributed by atoms with Gasteiger partial charge >= 0.3 is 0 Å². The van der Waals surface area contributed by atoms with Gasteiger partial charge in [-0.3, -0.25) is 4.79 Å². The molecule has 1 aromatic carbocycles. The fourth-order valence-electron chi connectivity index (χ4n) is 3.77. The number of carbonyl (C=O) groups excluding carboxylic acids is 1. The predicted octanol–water partition coefficient (Wildman–Crippen LogP) is 2.47. The van der Waals surface area contributed by atoms with Crippen LogP contribution in [0.1, 0.15) is 22.6 Å².